The van der Waals surface area contributed by atoms with Gasteiger partial charge in [0.1, 0.15) is 11.6 Å². The van der Waals surface area contributed by atoms with E-state index >= 15 is 0 Å². The minimum Gasteiger partial charge on any atom is -0.493 e. The first-order valence-electron chi connectivity index (χ1n) is 9.87. The molecule has 1 aliphatic carbocycles. The zero-order valence-corrected chi connectivity index (χ0v) is 15.7. The largest absolute Gasteiger partial charge is 0.493 e. The lowest BCUT2D eigenvalue weighted by Crippen LogP contribution is -2.41. The zero-order valence-electron chi connectivity index (χ0n) is 15.7. The Labute approximate surface area is 159 Å². The van der Waals surface area contributed by atoms with Crippen LogP contribution in [0.1, 0.15) is 49.2 Å². The Morgan fingerprint density at radius 1 is 1.44 bits per heavy atom. The van der Waals surface area contributed by atoms with E-state index in [2.05, 4.69) is 23.3 Å². The molecule has 1 aromatic heterocycles. The molecule has 2 aromatic rings. The maximum atomic E-state index is 12.6. The van der Waals surface area contributed by atoms with Crippen molar-refractivity contribution in [1.82, 2.24) is 14.9 Å². The molecule has 0 unspecified atom stereocenters. The first kappa shape index (κ1) is 18.0. The predicted molar refractivity (Wildman–Crippen MR) is 101 cm³/mol. The first-order valence-corrected chi connectivity index (χ1v) is 9.87. The number of nitrogens with one attached hydrogen (secondary N) is 1. The molecule has 2 aliphatic rings. The zero-order chi connectivity index (χ0) is 18.8. The third-order valence-corrected chi connectivity index (χ3v) is 5.71. The normalized spacial score (nSPS) is 21.9. The summed E-state index contributed by atoms with van der Waals surface area (Å²) >= 11 is 0. The summed E-state index contributed by atoms with van der Waals surface area (Å²) in [6, 6.07) is 6.15. The number of imidazole rings is 1. The average Bonchev–Trinajstić information content (AvgIpc) is 3.29. The number of fused-ring (bicyclic) bond motifs is 1. The minimum absolute atomic E-state index is 0.0360. The number of hydrogen-bond acceptors (Lipinski definition) is 4. The minimum atomic E-state index is -0.245. The Balaban J connectivity index is 1.44. The smallest absolute Gasteiger partial charge is 0.222 e. The van der Waals surface area contributed by atoms with Gasteiger partial charge in [-0.05, 0) is 42.0 Å². The summed E-state index contributed by atoms with van der Waals surface area (Å²) in [5, 5.41) is 13.0. The second-order valence-electron chi connectivity index (χ2n) is 7.54. The number of ether oxygens (including phenoxy) is 1. The van der Waals surface area contributed by atoms with E-state index in [1.807, 2.05) is 22.9 Å². The van der Waals surface area contributed by atoms with Gasteiger partial charge >= 0.3 is 0 Å². The second kappa shape index (κ2) is 7.72. The molecule has 1 amide bonds. The van der Waals surface area contributed by atoms with Crippen molar-refractivity contribution in [2.75, 3.05) is 6.61 Å². The fourth-order valence-electron chi connectivity index (χ4n) is 4.10. The Morgan fingerprint density at radius 2 is 2.30 bits per heavy atom. The first-order chi connectivity index (χ1) is 13.1. The summed E-state index contributed by atoms with van der Waals surface area (Å²) in [5.41, 5.74) is 2.32. The molecule has 1 aromatic carbocycles. The number of amides is 1. The summed E-state index contributed by atoms with van der Waals surface area (Å²) in [4.78, 5) is 17.0. The summed E-state index contributed by atoms with van der Waals surface area (Å²) in [6.45, 7) is 3.42. The van der Waals surface area contributed by atoms with Gasteiger partial charge in [0.05, 0.1) is 18.8 Å². The molecule has 4 rings (SSSR count). The van der Waals surface area contributed by atoms with Crippen LogP contribution in [0, 0.1) is 5.92 Å². The fourth-order valence-corrected chi connectivity index (χ4v) is 4.10. The molecular formula is C21H27N3O3. The highest BCUT2D eigenvalue weighted by molar-refractivity contribution is 5.76. The molecule has 0 spiro atoms. The molecule has 0 saturated heterocycles. The van der Waals surface area contributed by atoms with Gasteiger partial charge in [-0.15, -0.1) is 0 Å². The van der Waals surface area contributed by atoms with Crippen molar-refractivity contribution in [3.63, 3.8) is 0 Å². The quantitative estimate of drug-likeness (QED) is 0.786. The molecule has 27 heavy (non-hydrogen) atoms. The van der Waals surface area contributed by atoms with Crippen molar-refractivity contribution in [1.29, 1.82) is 0 Å². The van der Waals surface area contributed by atoms with Crippen molar-refractivity contribution < 1.29 is 14.6 Å². The lowest BCUT2D eigenvalue weighted by atomic mass is 9.75. The van der Waals surface area contributed by atoms with E-state index in [-0.39, 0.29) is 24.0 Å². The fraction of sp³-hybridized carbons (Fsp3) is 0.524. The monoisotopic (exact) mass is 369 g/mol. The lowest BCUT2D eigenvalue weighted by Gasteiger charge is -2.38. The van der Waals surface area contributed by atoms with Gasteiger partial charge in [-0.3, -0.25) is 4.79 Å². The molecule has 1 fully saturated rings. The standard InChI is InChI=1S/C21H27N3O3/c1-2-19-22-7-9-24(19)8-5-20(26)23-21(16-12-17(25)13-16)15-3-4-18-14(11-15)6-10-27-18/h3-4,7,9,11,16-17,21,25H,2,5-6,8,10,12-13H2,1H3,(H,23,26)/t16?,17?,21-/m1/s1. The van der Waals surface area contributed by atoms with Crippen molar-refractivity contribution in [2.45, 2.75) is 57.7 Å². The Kier molecular flexibility index (Phi) is 5.16. The molecule has 0 radical (unpaired) electrons. The van der Waals surface area contributed by atoms with Crippen LogP contribution in [0.2, 0.25) is 0 Å². The number of aliphatic hydroxyl groups is 1. The molecule has 0 bridgehead atoms. The van der Waals surface area contributed by atoms with Crippen LogP contribution in [-0.2, 0) is 24.2 Å². The third kappa shape index (κ3) is 3.86. The van der Waals surface area contributed by atoms with Crippen molar-refractivity contribution in [3.8, 4) is 5.75 Å². The number of aryl methyl sites for hydroxylation is 2. The van der Waals surface area contributed by atoms with E-state index in [0.717, 1.165) is 49.4 Å². The van der Waals surface area contributed by atoms with E-state index in [1.54, 1.807) is 6.20 Å². The van der Waals surface area contributed by atoms with Crippen LogP contribution in [0.25, 0.3) is 0 Å². The molecule has 6 nitrogen and oxygen atoms in total. The van der Waals surface area contributed by atoms with Crippen molar-refractivity contribution in [3.05, 3.63) is 47.5 Å². The van der Waals surface area contributed by atoms with Gasteiger partial charge in [-0.25, -0.2) is 4.98 Å². The van der Waals surface area contributed by atoms with E-state index < -0.39 is 0 Å². The molecule has 1 atom stereocenters. The Bertz CT molecular complexity index is 811. The van der Waals surface area contributed by atoms with Gasteiger partial charge in [0.2, 0.25) is 5.91 Å². The topological polar surface area (TPSA) is 76.4 Å². The summed E-state index contributed by atoms with van der Waals surface area (Å²) in [6.07, 6.45) is 7.12. The maximum absolute atomic E-state index is 12.6. The van der Waals surface area contributed by atoms with Gasteiger partial charge in [0, 0.05) is 38.2 Å². The number of carbonyl (C=O) groups excluding carboxylic acids is 1. The number of carbonyl (C=O) groups is 1. The highest BCUT2D eigenvalue weighted by Gasteiger charge is 2.36. The lowest BCUT2D eigenvalue weighted by molar-refractivity contribution is -0.123. The number of aliphatic hydroxyl groups excluding tert-OH is 1. The van der Waals surface area contributed by atoms with Gasteiger partial charge in [-0.1, -0.05) is 13.0 Å². The van der Waals surface area contributed by atoms with Crippen LogP contribution in [0.5, 0.6) is 5.75 Å². The van der Waals surface area contributed by atoms with E-state index in [4.69, 9.17) is 4.74 Å². The highest BCUT2D eigenvalue weighted by Crippen LogP contribution is 2.39. The molecule has 1 saturated carbocycles. The van der Waals surface area contributed by atoms with Crippen LogP contribution < -0.4 is 10.1 Å². The van der Waals surface area contributed by atoms with Crippen molar-refractivity contribution >= 4 is 5.91 Å². The SMILES string of the molecule is CCc1nccn1CCC(=O)N[C@H](c1ccc2c(c1)CCO2)C1CC(O)C1. The molecule has 144 valence electrons. The summed E-state index contributed by atoms with van der Waals surface area (Å²) in [7, 11) is 0. The molecule has 2 N–H and O–H groups in total. The number of hydrogen-bond donors (Lipinski definition) is 2. The molecular weight excluding hydrogens is 342 g/mol. The van der Waals surface area contributed by atoms with Gasteiger partial charge < -0.3 is 19.7 Å². The van der Waals surface area contributed by atoms with Crippen LogP contribution in [0.4, 0.5) is 0 Å². The molecule has 6 heteroatoms. The van der Waals surface area contributed by atoms with Crippen LogP contribution in [-0.4, -0.2) is 33.3 Å². The summed E-state index contributed by atoms with van der Waals surface area (Å²) in [5.74, 6) is 2.27. The highest BCUT2D eigenvalue weighted by atomic mass is 16.5. The van der Waals surface area contributed by atoms with E-state index in [9.17, 15) is 9.90 Å². The van der Waals surface area contributed by atoms with E-state index in [0.29, 0.717) is 13.0 Å². The van der Waals surface area contributed by atoms with Gasteiger partial charge in [-0.2, -0.15) is 0 Å². The van der Waals surface area contributed by atoms with Crippen LogP contribution in [0.15, 0.2) is 30.6 Å². The maximum Gasteiger partial charge on any atom is 0.222 e. The summed E-state index contributed by atoms with van der Waals surface area (Å²) < 4.78 is 7.63. The molecule has 1 aliphatic heterocycles. The Morgan fingerprint density at radius 3 is 3.07 bits per heavy atom. The average molecular weight is 369 g/mol. The number of aromatic nitrogens is 2. The number of rotatable bonds is 7. The predicted octanol–water partition coefficient (Wildman–Crippen LogP) is 2.40. The van der Waals surface area contributed by atoms with Gasteiger partial charge in [0.15, 0.2) is 0 Å². The van der Waals surface area contributed by atoms with Crippen molar-refractivity contribution in [2.24, 2.45) is 5.92 Å². The second-order valence-corrected chi connectivity index (χ2v) is 7.54. The van der Waals surface area contributed by atoms with Gasteiger partial charge in [0.25, 0.3) is 0 Å². The number of nitrogens with zero attached hydrogens (tertiary/aromatic N) is 2. The third-order valence-electron chi connectivity index (χ3n) is 5.71. The van der Waals surface area contributed by atoms with Crippen LogP contribution in [0.3, 0.4) is 0 Å². The Hall–Kier alpha value is -2.34. The molecule has 2 heterocycles. The number of benzene rings is 1. The van der Waals surface area contributed by atoms with E-state index in [1.165, 1.54) is 5.56 Å². The van der Waals surface area contributed by atoms with Crippen LogP contribution >= 0.6 is 0 Å².